The third kappa shape index (κ3) is 4.76. The van der Waals surface area contributed by atoms with Crippen LogP contribution in [0, 0.1) is 0 Å². The monoisotopic (exact) mass is 303 g/mol. The second kappa shape index (κ2) is 7.82. The molecule has 2 atom stereocenters. The molecule has 0 spiro atoms. The minimum Gasteiger partial charge on any atom is -0.344 e. The summed E-state index contributed by atoms with van der Waals surface area (Å²) in [6, 6.07) is 10.2. The van der Waals surface area contributed by atoms with Crippen molar-refractivity contribution in [1.29, 1.82) is 0 Å². The molecule has 2 N–H and O–H groups in total. The van der Waals surface area contributed by atoms with E-state index in [4.69, 9.17) is 0 Å². The molecule has 0 aromatic heterocycles. The van der Waals surface area contributed by atoms with Crippen LogP contribution in [-0.2, 0) is 11.2 Å². The van der Waals surface area contributed by atoms with Crippen molar-refractivity contribution in [3.63, 3.8) is 0 Å². The number of amides is 3. The first kappa shape index (κ1) is 16.3. The number of likely N-dealkylation sites (tertiary alicyclic amines) is 1. The number of hydrogen-bond donors (Lipinski definition) is 2. The van der Waals surface area contributed by atoms with Crippen molar-refractivity contribution in [2.45, 2.75) is 44.7 Å². The Hall–Kier alpha value is -2.04. The smallest absolute Gasteiger partial charge is 0.315 e. The number of benzene rings is 1. The van der Waals surface area contributed by atoms with Crippen molar-refractivity contribution in [2.75, 3.05) is 13.6 Å². The van der Waals surface area contributed by atoms with E-state index >= 15 is 0 Å². The average Bonchev–Trinajstić information content (AvgIpc) is 2.51. The number of likely N-dealkylation sites (N-methyl/N-ethyl adjacent to an activating group) is 1. The molecule has 22 heavy (non-hydrogen) atoms. The van der Waals surface area contributed by atoms with Gasteiger partial charge in [0.1, 0.15) is 0 Å². The van der Waals surface area contributed by atoms with Crippen LogP contribution >= 0.6 is 0 Å². The summed E-state index contributed by atoms with van der Waals surface area (Å²) in [5.41, 5.74) is 1.22. The lowest BCUT2D eigenvalue weighted by molar-refractivity contribution is -0.132. The van der Waals surface area contributed by atoms with Crippen LogP contribution in [-0.4, -0.2) is 42.5 Å². The van der Waals surface area contributed by atoms with E-state index in [1.165, 1.54) is 5.56 Å². The van der Waals surface area contributed by atoms with E-state index in [1.807, 2.05) is 18.2 Å². The minimum atomic E-state index is -0.143. The second-order valence-electron chi connectivity index (χ2n) is 5.92. The molecule has 0 aliphatic carbocycles. The molecule has 3 amide bonds. The highest BCUT2D eigenvalue weighted by Gasteiger charge is 2.24. The molecule has 0 radical (unpaired) electrons. The Labute approximate surface area is 132 Å². The number of urea groups is 1. The zero-order valence-electron chi connectivity index (χ0n) is 13.3. The maximum absolute atomic E-state index is 12.1. The molecule has 1 heterocycles. The summed E-state index contributed by atoms with van der Waals surface area (Å²) >= 11 is 0. The maximum atomic E-state index is 12.1. The largest absolute Gasteiger partial charge is 0.344 e. The molecule has 1 aromatic carbocycles. The molecular formula is C17H25N3O2. The maximum Gasteiger partial charge on any atom is 0.315 e. The van der Waals surface area contributed by atoms with Crippen LogP contribution in [0.5, 0.6) is 0 Å². The third-order valence-corrected chi connectivity index (χ3v) is 4.11. The Morgan fingerprint density at radius 3 is 2.73 bits per heavy atom. The number of rotatable bonds is 5. The number of carbonyl (C=O) groups is 2. The lowest BCUT2D eigenvalue weighted by Crippen LogP contribution is -2.52. The molecule has 1 saturated heterocycles. The van der Waals surface area contributed by atoms with Gasteiger partial charge in [-0.2, -0.15) is 0 Å². The first-order valence-electron chi connectivity index (χ1n) is 7.93. The van der Waals surface area contributed by atoms with Crippen LogP contribution in [0.2, 0.25) is 0 Å². The number of piperidine rings is 1. The predicted octanol–water partition coefficient (Wildman–Crippen LogP) is 1.93. The lowest BCUT2D eigenvalue weighted by atomic mass is 10.0. The molecule has 2 unspecified atom stereocenters. The van der Waals surface area contributed by atoms with E-state index in [0.29, 0.717) is 19.4 Å². The van der Waals surface area contributed by atoms with E-state index in [2.05, 4.69) is 29.7 Å². The highest BCUT2D eigenvalue weighted by atomic mass is 16.2. The van der Waals surface area contributed by atoms with E-state index in [0.717, 1.165) is 12.8 Å². The third-order valence-electron chi connectivity index (χ3n) is 4.11. The Morgan fingerprint density at radius 1 is 1.36 bits per heavy atom. The van der Waals surface area contributed by atoms with Gasteiger partial charge >= 0.3 is 6.03 Å². The van der Waals surface area contributed by atoms with Crippen LogP contribution in [0.3, 0.4) is 0 Å². The van der Waals surface area contributed by atoms with Gasteiger partial charge in [-0.25, -0.2) is 4.79 Å². The Morgan fingerprint density at radius 2 is 2.09 bits per heavy atom. The van der Waals surface area contributed by atoms with E-state index in [1.54, 1.807) is 11.9 Å². The standard InChI is InChI=1S/C17H25N3O2/c1-3-14(11-13-7-5-4-6-8-13)18-17(22)19-15-9-10-16(21)20(2)12-15/h4-8,14-15H,3,9-12H2,1-2H3,(H2,18,19,22). The highest BCUT2D eigenvalue weighted by molar-refractivity contribution is 5.78. The van der Waals surface area contributed by atoms with Crippen LogP contribution in [0.4, 0.5) is 4.79 Å². The molecule has 1 aliphatic heterocycles. The summed E-state index contributed by atoms with van der Waals surface area (Å²) < 4.78 is 0. The summed E-state index contributed by atoms with van der Waals surface area (Å²) in [5, 5.41) is 6.01. The quantitative estimate of drug-likeness (QED) is 0.873. The molecule has 0 saturated carbocycles. The topological polar surface area (TPSA) is 61.4 Å². The van der Waals surface area contributed by atoms with Crippen molar-refractivity contribution in [2.24, 2.45) is 0 Å². The van der Waals surface area contributed by atoms with E-state index in [9.17, 15) is 9.59 Å². The van der Waals surface area contributed by atoms with Crippen molar-refractivity contribution < 1.29 is 9.59 Å². The van der Waals surface area contributed by atoms with Crippen molar-refractivity contribution in [1.82, 2.24) is 15.5 Å². The van der Waals surface area contributed by atoms with Crippen molar-refractivity contribution >= 4 is 11.9 Å². The number of nitrogens with one attached hydrogen (secondary N) is 2. The first-order valence-corrected chi connectivity index (χ1v) is 7.93. The zero-order valence-corrected chi connectivity index (χ0v) is 13.3. The zero-order chi connectivity index (χ0) is 15.9. The minimum absolute atomic E-state index is 0.0388. The molecule has 1 aromatic rings. The van der Waals surface area contributed by atoms with Crippen LogP contribution in [0.1, 0.15) is 31.7 Å². The SMILES string of the molecule is CCC(Cc1ccccc1)NC(=O)NC1CCC(=O)N(C)C1. The van der Waals surface area contributed by atoms with Crippen molar-refractivity contribution in [3.05, 3.63) is 35.9 Å². The van der Waals surface area contributed by atoms with Gasteiger partial charge in [0.25, 0.3) is 0 Å². The summed E-state index contributed by atoms with van der Waals surface area (Å²) in [5.74, 6) is 0.147. The Balaban J connectivity index is 1.81. The Kier molecular flexibility index (Phi) is 5.81. The predicted molar refractivity (Wildman–Crippen MR) is 86.6 cm³/mol. The van der Waals surface area contributed by atoms with Crippen LogP contribution < -0.4 is 10.6 Å². The molecule has 120 valence electrons. The number of nitrogens with zero attached hydrogens (tertiary/aromatic N) is 1. The van der Waals surface area contributed by atoms with Gasteiger partial charge < -0.3 is 15.5 Å². The summed E-state index contributed by atoms with van der Waals surface area (Å²) in [6.45, 7) is 2.66. The highest BCUT2D eigenvalue weighted by Crippen LogP contribution is 2.10. The van der Waals surface area contributed by atoms with Gasteiger partial charge in [0, 0.05) is 32.1 Å². The average molecular weight is 303 g/mol. The fraction of sp³-hybridized carbons (Fsp3) is 0.529. The lowest BCUT2D eigenvalue weighted by Gasteiger charge is -2.30. The molecule has 0 bridgehead atoms. The molecule has 5 nitrogen and oxygen atoms in total. The normalized spacial score (nSPS) is 19.6. The van der Waals surface area contributed by atoms with Gasteiger partial charge in [0.2, 0.25) is 5.91 Å². The second-order valence-corrected chi connectivity index (χ2v) is 5.92. The first-order chi connectivity index (χ1) is 10.6. The molecule has 5 heteroatoms. The van der Waals surface area contributed by atoms with Gasteiger partial charge in [-0.1, -0.05) is 37.3 Å². The van der Waals surface area contributed by atoms with Crippen molar-refractivity contribution in [3.8, 4) is 0 Å². The van der Waals surface area contributed by atoms with Gasteiger partial charge in [-0.3, -0.25) is 4.79 Å². The van der Waals surface area contributed by atoms with E-state index in [-0.39, 0.29) is 24.0 Å². The fourth-order valence-corrected chi connectivity index (χ4v) is 2.74. The Bertz CT molecular complexity index is 504. The van der Waals surface area contributed by atoms with Crippen LogP contribution in [0.15, 0.2) is 30.3 Å². The number of carbonyl (C=O) groups excluding carboxylic acids is 2. The van der Waals surface area contributed by atoms with Gasteiger partial charge in [0.15, 0.2) is 0 Å². The van der Waals surface area contributed by atoms with Gasteiger partial charge in [-0.15, -0.1) is 0 Å². The van der Waals surface area contributed by atoms with Gasteiger partial charge in [0.05, 0.1) is 0 Å². The van der Waals surface area contributed by atoms with E-state index < -0.39 is 0 Å². The van der Waals surface area contributed by atoms with Crippen LogP contribution in [0.25, 0.3) is 0 Å². The summed E-state index contributed by atoms with van der Waals surface area (Å²) in [6.07, 6.45) is 2.92. The number of hydrogen-bond acceptors (Lipinski definition) is 2. The summed E-state index contributed by atoms with van der Waals surface area (Å²) in [4.78, 5) is 25.3. The van der Waals surface area contributed by atoms with Gasteiger partial charge in [-0.05, 0) is 24.8 Å². The molecule has 1 aliphatic rings. The molecule has 1 fully saturated rings. The molecule has 2 rings (SSSR count). The fourth-order valence-electron chi connectivity index (χ4n) is 2.74. The summed E-state index contributed by atoms with van der Waals surface area (Å²) in [7, 11) is 1.78. The molecular weight excluding hydrogens is 278 g/mol.